The molecule has 1 amide bonds. The van der Waals surface area contributed by atoms with Gasteiger partial charge in [0.15, 0.2) is 0 Å². The number of nitrogens with one attached hydrogen (secondary N) is 1. The largest absolute Gasteiger partial charge is 0.340 e. The number of likely N-dealkylation sites (tertiary alicyclic amines) is 1. The van der Waals surface area contributed by atoms with Crippen LogP contribution in [0.3, 0.4) is 0 Å². The molecule has 4 nitrogen and oxygen atoms in total. The summed E-state index contributed by atoms with van der Waals surface area (Å²) < 4.78 is 0. The van der Waals surface area contributed by atoms with Crippen LogP contribution in [0.1, 0.15) is 12.8 Å². The van der Waals surface area contributed by atoms with Crippen molar-refractivity contribution in [3.63, 3.8) is 0 Å². The molecule has 1 fully saturated rings. The second kappa shape index (κ2) is 4.42. The van der Waals surface area contributed by atoms with Crippen LogP contribution in [-0.4, -0.2) is 43.5 Å². The van der Waals surface area contributed by atoms with Gasteiger partial charge in [-0.05, 0) is 19.9 Å². The SMILES string of the molecule is CNC1CCCN(C(=O)CN)C1. The van der Waals surface area contributed by atoms with Gasteiger partial charge in [0.05, 0.1) is 6.54 Å². The Hall–Kier alpha value is -0.610. The number of likely N-dealkylation sites (N-methyl/N-ethyl adjacent to an activating group) is 1. The van der Waals surface area contributed by atoms with Crippen molar-refractivity contribution in [2.24, 2.45) is 5.73 Å². The van der Waals surface area contributed by atoms with Crippen molar-refractivity contribution in [2.45, 2.75) is 18.9 Å². The number of piperidine rings is 1. The number of rotatable bonds is 2. The van der Waals surface area contributed by atoms with E-state index in [0.717, 1.165) is 25.9 Å². The molecule has 1 aliphatic rings. The van der Waals surface area contributed by atoms with Gasteiger partial charge in [-0.15, -0.1) is 0 Å². The maximum Gasteiger partial charge on any atom is 0.236 e. The summed E-state index contributed by atoms with van der Waals surface area (Å²) in [5.74, 6) is 0.0648. The average molecular weight is 171 g/mol. The number of carbonyl (C=O) groups excluding carboxylic acids is 1. The molecule has 0 spiro atoms. The van der Waals surface area contributed by atoms with Gasteiger partial charge in [-0.25, -0.2) is 0 Å². The summed E-state index contributed by atoms with van der Waals surface area (Å²) in [6.45, 7) is 1.82. The molecule has 0 aromatic carbocycles. The van der Waals surface area contributed by atoms with Crippen LogP contribution in [0.2, 0.25) is 0 Å². The van der Waals surface area contributed by atoms with Gasteiger partial charge in [-0.2, -0.15) is 0 Å². The highest BCUT2D eigenvalue weighted by atomic mass is 16.2. The summed E-state index contributed by atoms with van der Waals surface area (Å²) >= 11 is 0. The Morgan fingerprint density at radius 1 is 1.75 bits per heavy atom. The normalized spacial score (nSPS) is 24.2. The van der Waals surface area contributed by atoms with Crippen LogP contribution >= 0.6 is 0 Å². The summed E-state index contributed by atoms with van der Waals surface area (Å²) in [5.41, 5.74) is 5.28. The van der Waals surface area contributed by atoms with Crippen LogP contribution in [-0.2, 0) is 4.79 Å². The van der Waals surface area contributed by atoms with Crippen molar-refractivity contribution in [2.75, 3.05) is 26.7 Å². The van der Waals surface area contributed by atoms with Crippen LogP contribution in [0.25, 0.3) is 0 Å². The minimum atomic E-state index is 0.0648. The Morgan fingerprint density at radius 3 is 3.08 bits per heavy atom. The molecule has 3 N–H and O–H groups in total. The molecule has 1 heterocycles. The van der Waals surface area contributed by atoms with Crippen LogP contribution in [0.15, 0.2) is 0 Å². The van der Waals surface area contributed by atoms with Crippen LogP contribution in [0.4, 0.5) is 0 Å². The molecular formula is C8H17N3O. The van der Waals surface area contributed by atoms with Gasteiger partial charge in [0.2, 0.25) is 5.91 Å². The first kappa shape index (κ1) is 9.48. The Balaban J connectivity index is 2.40. The van der Waals surface area contributed by atoms with E-state index in [1.807, 2.05) is 11.9 Å². The summed E-state index contributed by atoms with van der Waals surface area (Å²) in [6, 6.07) is 0.453. The van der Waals surface area contributed by atoms with E-state index in [0.29, 0.717) is 6.04 Å². The van der Waals surface area contributed by atoms with E-state index in [9.17, 15) is 4.79 Å². The first-order valence-electron chi connectivity index (χ1n) is 4.43. The molecule has 1 saturated heterocycles. The second-order valence-electron chi connectivity index (χ2n) is 3.17. The third-order valence-corrected chi connectivity index (χ3v) is 2.36. The van der Waals surface area contributed by atoms with Crippen LogP contribution in [0, 0.1) is 0 Å². The highest BCUT2D eigenvalue weighted by Crippen LogP contribution is 2.08. The van der Waals surface area contributed by atoms with E-state index in [4.69, 9.17) is 5.73 Å². The van der Waals surface area contributed by atoms with Crippen molar-refractivity contribution in [3.8, 4) is 0 Å². The predicted molar refractivity (Wildman–Crippen MR) is 47.7 cm³/mol. The minimum Gasteiger partial charge on any atom is -0.340 e. The number of nitrogens with zero attached hydrogens (tertiary/aromatic N) is 1. The van der Waals surface area contributed by atoms with Gasteiger partial charge in [0, 0.05) is 19.1 Å². The fourth-order valence-corrected chi connectivity index (χ4v) is 1.57. The molecule has 0 radical (unpaired) electrons. The molecule has 4 heteroatoms. The Labute approximate surface area is 73.1 Å². The van der Waals surface area contributed by atoms with E-state index in [1.165, 1.54) is 0 Å². The van der Waals surface area contributed by atoms with E-state index < -0.39 is 0 Å². The zero-order valence-electron chi connectivity index (χ0n) is 7.55. The third kappa shape index (κ3) is 2.19. The van der Waals surface area contributed by atoms with Gasteiger partial charge in [-0.1, -0.05) is 0 Å². The van der Waals surface area contributed by atoms with Crippen LogP contribution < -0.4 is 11.1 Å². The molecule has 0 aromatic heterocycles. The Bertz CT molecular complexity index is 160. The topological polar surface area (TPSA) is 58.4 Å². The monoisotopic (exact) mass is 171 g/mol. The average Bonchev–Trinajstić information content (AvgIpc) is 2.17. The van der Waals surface area contributed by atoms with Gasteiger partial charge in [0.1, 0.15) is 0 Å². The second-order valence-corrected chi connectivity index (χ2v) is 3.17. The van der Waals surface area contributed by atoms with Gasteiger partial charge in [-0.3, -0.25) is 4.79 Å². The van der Waals surface area contributed by atoms with Gasteiger partial charge < -0.3 is 16.0 Å². The van der Waals surface area contributed by atoms with E-state index in [2.05, 4.69) is 5.32 Å². The molecule has 1 aliphatic heterocycles. The molecular weight excluding hydrogens is 154 g/mol. The highest BCUT2D eigenvalue weighted by Gasteiger charge is 2.20. The molecule has 1 unspecified atom stereocenters. The number of hydrogen-bond donors (Lipinski definition) is 2. The standard InChI is InChI=1S/C8H17N3O/c1-10-7-3-2-4-11(6-7)8(12)5-9/h7,10H,2-6,9H2,1H3. The van der Waals surface area contributed by atoms with Crippen LogP contribution in [0.5, 0.6) is 0 Å². The van der Waals surface area contributed by atoms with E-state index >= 15 is 0 Å². The lowest BCUT2D eigenvalue weighted by molar-refractivity contribution is -0.130. The highest BCUT2D eigenvalue weighted by molar-refractivity contribution is 5.78. The lowest BCUT2D eigenvalue weighted by Crippen LogP contribution is -2.48. The van der Waals surface area contributed by atoms with Crippen molar-refractivity contribution in [3.05, 3.63) is 0 Å². The fourth-order valence-electron chi connectivity index (χ4n) is 1.57. The molecule has 1 rings (SSSR count). The van der Waals surface area contributed by atoms with E-state index in [1.54, 1.807) is 0 Å². The van der Waals surface area contributed by atoms with Gasteiger partial charge in [0.25, 0.3) is 0 Å². The number of nitrogens with two attached hydrogens (primary N) is 1. The summed E-state index contributed by atoms with van der Waals surface area (Å²) in [6.07, 6.45) is 2.24. The molecule has 12 heavy (non-hydrogen) atoms. The summed E-state index contributed by atoms with van der Waals surface area (Å²) in [7, 11) is 1.93. The molecule has 1 atom stereocenters. The summed E-state index contributed by atoms with van der Waals surface area (Å²) in [4.78, 5) is 13.0. The zero-order chi connectivity index (χ0) is 8.97. The minimum absolute atomic E-state index is 0.0648. The predicted octanol–water partition coefficient (Wildman–Crippen LogP) is -0.844. The quantitative estimate of drug-likeness (QED) is 0.569. The number of amides is 1. The molecule has 0 saturated carbocycles. The molecule has 0 aliphatic carbocycles. The maximum absolute atomic E-state index is 11.2. The maximum atomic E-state index is 11.2. The first-order chi connectivity index (χ1) is 5.77. The van der Waals surface area contributed by atoms with Crippen molar-refractivity contribution in [1.82, 2.24) is 10.2 Å². The smallest absolute Gasteiger partial charge is 0.236 e. The lowest BCUT2D eigenvalue weighted by atomic mass is 10.1. The number of hydrogen-bond acceptors (Lipinski definition) is 3. The molecule has 0 aromatic rings. The van der Waals surface area contributed by atoms with Crippen molar-refractivity contribution in [1.29, 1.82) is 0 Å². The fraction of sp³-hybridized carbons (Fsp3) is 0.875. The first-order valence-corrected chi connectivity index (χ1v) is 4.43. The number of carbonyl (C=O) groups is 1. The Morgan fingerprint density at radius 2 is 2.50 bits per heavy atom. The van der Waals surface area contributed by atoms with E-state index in [-0.39, 0.29) is 12.5 Å². The Kier molecular flexibility index (Phi) is 3.49. The third-order valence-electron chi connectivity index (χ3n) is 2.36. The van der Waals surface area contributed by atoms with Crippen molar-refractivity contribution < 1.29 is 4.79 Å². The van der Waals surface area contributed by atoms with Crippen molar-refractivity contribution >= 4 is 5.91 Å². The molecule has 70 valence electrons. The van der Waals surface area contributed by atoms with Gasteiger partial charge >= 0.3 is 0 Å². The lowest BCUT2D eigenvalue weighted by Gasteiger charge is -2.32. The summed E-state index contributed by atoms with van der Waals surface area (Å²) in [5, 5.41) is 3.18. The zero-order valence-corrected chi connectivity index (χ0v) is 7.55. The molecule has 0 bridgehead atoms.